The molecule has 0 saturated heterocycles. The lowest BCUT2D eigenvalue weighted by molar-refractivity contribution is -0.152. The quantitative estimate of drug-likeness (QED) is 0.668. The van der Waals surface area contributed by atoms with Gasteiger partial charge in [0.15, 0.2) is 11.4 Å². The zero-order valence-electron chi connectivity index (χ0n) is 15.8. The van der Waals surface area contributed by atoms with E-state index >= 15 is 0 Å². The molecule has 0 bridgehead atoms. The molecule has 0 heterocycles. The summed E-state index contributed by atoms with van der Waals surface area (Å²) < 4.78 is 5.69. The number of ether oxygens (including phenoxy) is 1. The van der Waals surface area contributed by atoms with Crippen LogP contribution in [0.2, 0.25) is 5.02 Å². The van der Waals surface area contributed by atoms with Gasteiger partial charge in [0.05, 0.1) is 5.56 Å². The Morgan fingerprint density at radius 3 is 2.22 bits per heavy atom. The number of ketones is 1. The summed E-state index contributed by atoms with van der Waals surface area (Å²) in [5, 5.41) is 19.5. The highest BCUT2D eigenvalue weighted by Gasteiger charge is 2.30. The third-order valence-corrected chi connectivity index (χ3v) is 4.53. The van der Waals surface area contributed by atoms with Crippen molar-refractivity contribution < 1.29 is 24.5 Å². The number of rotatable bonds is 7. The summed E-state index contributed by atoms with van der Waals surface area (Å²) in [5.74, 6) is -0.808. The van der Waals surface area contributed by atoms with Crippen LogP contribution in [0.3, 0.4) is 0 Å². The van der Waals surface area contributed by atoms with E-state index in [9.17, 15) is 19.8 Å². The summed E-state index contributed by atoms with van der Waals surface area (Å²) in [4.78, 5) is 23.6. The Balaban J connectivity index is 2.14. The summed E-state index contributed by atoms with van der Waals surface area (Å²) in [6, 6.07) is 8.20. The molecule has 0 radical (unpaired) electrons. The number of benzene rings is 2. The van der Waals surface area contributed by atoms with Gasteiger partial charge >= 0.3 is 5.97 Å². The van der Waals surface area contributed by atoms with Gasteiger partial charge in [-0.2, -0.15) is 0 Å². The van der Waals surface area contributed by atoms with Crippen LogP contribution in [0.25, 0.3) is 0 Å². The smallest absolute Gasteiger partial charge is 0.347 e. The molecule has 5 nitrogen and oxygen atoms in total. The Labute approximate surface area is 163 Å². The fraction of sp³-hybridized carbons (Fsp3) is 0.333. The van der Waals surface area contributed by atoms with Crippen molar-refractivity contribution in [3.63, 3.8) is 0 Å². The monoisotopic (exact) mass is 390 g/mol. The minimum absolute atomic E-state index is 0.125. The van der Waals surface area contributed by atoms with E-state index in [0.717, 1.165) is 16.7 Å². The van der Waals surface area contributed by atoms with Crippen LogP contribution in [-0.4, -0.2) is 27.6 Å². The van der Waals surface area contributed by atoms with E-state index in [2.05, 4.69) is 0 Å². The first-order valence-corrected chi connectivity index (χ1v) is 8.93. The number of halogens is 1. The van der Waals surface area contributed by atoms with Crippen molar-refractivity contribution in [2.24, 2.45) is 0 Å². The number of aryl methyl sites for hydroxylation is 3. The van der Waals surface area contributed by atoms with Crippen molar-refractivity contribution in [1.82, 2.24) is 0 Å². The molecule has 0 spiro atoms. The number of aliphatic carboxylic acids is 1. The first kappa shape index (κ1) is 20.8. The van der Waals surface area contributed by atoms with Crippen LogP contribution in [0.15, 0.2) is 30.3 Å². The van der Waals surface area contributed by atoms with Crippen molar-refractivity contribution >= 4 is 23.4 Å². The minimum Gasteiger partial charge on any atom is -0.507 e. The summed E-state index contributed by atoms with van der Waals surface area (Å²) >= 11 is 5.79. The molecule has 0 fully saturated rings. The molecular weight excluding hydrogens is 368 g/mol. The van der Waals surface area contributed by atoms with Gasteiger partial charge in [-0.25, -0.2) is 4.79 Å². The first-order chi connectivity index (χ1) is 12.5. The molecule has 0 aromatic heterocycles. The SMILES string of the molecule is Cc1cc(CCC(=O)c2ccc(Cl)cc2O)cc(C)c1OC(C)(C)C(=O)O. The fourth-order valence-corrected chi connectivity index (χ4v) is 2.94. The van der Waals surface area contributed by atoms with Crippen molar-refractivity contribution in [3.8, 4) is 11.5 Å². The van der Waals surface area contributed by atoms with Gasteiger partial charge in [-0.05, 0) is 69.0 Å². The predicted octanol–water partition coefficient (Wildman–Crippen LogP) is 4.72. The lowest BCUT2D eigenvalue weighted by Gasteiger charge is -2.24. The van der Waals surface area contributed by atoms with Crippen LogP contribution in [0, 0.1) is 13.8 Å². The van der Waals surface area contributed by atoms with Gasteiger partial charge in [-0.15, -0.1) is 0 Å². The van der Waals surface area contributed by atoms with Crippen LogP contribution in [0.1, 0.15) is 47.3 Å². The maximum Gasteiger partial charge on any atom is 0.347 e. The van der Waals surface area contributed by atoms with Gasteiger partial charge in [0.25, 0.3) is 0 Å². The summed E-state index contributed by atoms with van der Waals surface area (Å²) in [7, 11) is 0. The van der Waals surface area contributed by atoms with Crippen molar-refractivity contribution in [2.45, 2.75) is 46.1 Å². The number of hydrogen-bond acceptors (Lipinski definition) is 4. The van der Waals surface area contributed by atoms with Crippen molar-refractivity contribution in [3.05, 3.63) is 57.6 Å². The summed E-state index contributed by atoms with van der Waals surface area (Å²) in [6.45, 7) is 6.69. The van der Waals surface area contributed by atoms with E-state index in [0.29, 0.717) is 17.2 Å². The van der Waals surface area contributed by atoms with Crippen LogP contribution in [0.5, 0.6) is 11.5 Å². The van der Waals surface area contributed by atoms with Gasteiger partial charge in [-0.3, -0.25) is 4.79 Å². The number of Topliss-reactive ketones (excluding diaryl/α,β-unsaturated/α-hetero) is 1. The number of aromatic hydroxyl groups is 1. The number of phenols is 1. The third-order valence-electron chi connectivity index (χ3n) is 4.29. The number of carbonyl (C=O) groups excluding carboxylic acids is 1. The minimum atomic E-state index is -1.33. The second kappa shape index (κ2) is 8.01. The Morgan fingerprint density at radius 2 is 1.70 bits per heavy atom. The normalized spacial score (nSPS) is 11.3. The fourth-order valence-electron chi connectivity index (χ4n) is 2.78. The molecule has 0 unspecified atom stereocenters. The molecule has 6 heteroatoms. The molecule has 2 N–H and O–H groups in total. The number of carboxylic acids is 1. The van der Waals surface area contributed by atoms with Gasteiger partial charge in [0.1, 0.15) is 11.5 Å². The lowest BCUT2D eigenvalue weighted by Crippen LogP contribution is -2.38. The van der Waals surface area contributed by atoms with Crippen molar-refractivity contribution in [1.29, 1.82) is 0 Å². The standard InChI is InChI=1S/C21H23ClO5/c1-12-9-14(10-13(2)19(12)27-21(3,4)20(25)26)5-8-17(23)16-7-6-15(22)11-18(16)24/h6-7,9-11,24H,5,8H2,1-4H3,(H,25,26). The highest BCUT2D eigenvalue weighted by Crippen LogP contribution is 2.30. The average Bonchev–Trinajstić information content (AvgIpc) is 2.56. The molecule has 2 aromatic rings. The highest BCUT2D eigenvalue weighted by molar-refractivity contribution is 6.30. The summed E-state index contributed by atoms with van der Waals surface area (Å²) in [6.07, 6.45) is 0.722. The largest absolute Gasteiger partial charge is 0.507 e. The Bertz CT molecular complexity index is 863. The number of hydrogen-bond donors (Lipinski definition) is 2. The second-order valence-electron chi connectivity index (χ2n) is 7.06. The van der Waals surface area contributed by atoms with Crippen LogP contribution < -0.4 is 4.74 Å². The number of phenolic OH excluding ortho intramolecular Hbond substituents is 1. The van der Waals surface area contributed by atoms with Crippen LogP contribution in [0.4, 0.5) is 0 Å². The number of carboxylic acid groups (broad SMARTS) is 1. The molecule has 144 valence electrons. The Hall–Kier alpha value is -2.53. The number of carbonyl (C=O) groups is 2. The first-order valence-electron chi connectivity index (χ1n) is 8.55. The van der Waals surface area contributed by atoms with E-state index in [1.165, 1.54) is 26.0 Å². The van der Waals surface area contributed by atoms with Gasteiger partial charge in [0.2, 0.25) is 0 Å². The van der Waals surface area contributed by atoms with Gasteiger partial charge in [0, 0.05) is 11.4 Å². The van der Waals surface area contributed by atoms with E-state index in [-0.39, 0.29) is 23.5 Å². The van der Waals surface area contributed by atoms with E-state index < -0.39 is 11.6 Å². The second-order valence-corrected chi connectivity index (χ2v) is 7.50. The molecule has 2 aromatic carbocycles. The topological polar surface area (TPSA) is 83.8 Å². The van der Waals surface area contributed by atoms with Gasteiger partial charge < -0.3 is 14.9 Å². The van der Waals surface area contributed by atoms with Crippen molar-refractivity contribution in [2.75, 3.05) is 0 Å². The Morgan fingerprint density at radius 1 is 1.11 bits per heavy atom. The van der Waals surface area contributed by atoms with Crippen LogP contribution >= 0.6 is 11.6 Å². The maximum absolute atomic E-state index is 12.4. The molecule has 27 heavy (non-hydrogen) atoms. The zero-order chi connectivity index (χ0) is 20.4. The molecule has 0 aliphatic heterocycles. The molecule has 2 rings (SSSR count). The highest BCUT2D eigenvalue weighted by atomic mass is 35.5. The maximum atomic E-state index is 12.4. The van der Waals surface area contributed by atoms with Crippen LogP contribution in [-0.2, 0) is 11.2 Å². The lowest BCUT2D eigenvalue weighted by atomic mass is 9.98. The third kappa shape index (κ3) is 5.01. The molecule has 0 atom stereocenters. The van der Waals surface area contributed by atoms with E-state index in [1.54, 1.807) is 6.07 Å². The van der Waals surface area contributed by atoms with E-state index in [4.69, 9.17) is 16.3 Å². The van der Waals surface area contributed by atoms with Gasteiger partial charge in [-0.1, -0.05) is 23.7 Å². The Kier molecular flexibility index (Phi) is 6.16. The zero-order valence-corrected chi connectivity index (χ0v) is 16.6. The molecule has 0 saturated carbocycles. The molecular formula is C21H23ClO5. The van der Waals surface area contributed by atoms with E-state index in [1.807, 2.05) is 26.0 Å². The molecule has 0 aliphatic rings. The predicted molar refractivity (Wildman–Crippen MR) is 104 cm³/mol. The molecule has 0 amide bonds. The molecule has 0 aliphatic carbocycles. The summed E-state index contributed by atoms with van der Waals surface area (Å²) in [5.41, 5.74) is 1.46. The average molecular weight is 391 g/mol.